The highest BCUT2D eigenvalue weighted by molar-refractivity contribution is 6.30. The Morgan fingerprint density at radius 3 is 2.32 bits per heavy atom. The number of amides is 4. The van der Waals surface area contributed by atoms with Crippen LogP contribution in [0, 0.1) is 11.6 Å². The Morgan fingerprint density at radius 2 is 1.74 bits per heavy atom. The van der Waals surface area contributed by atoms with Crippen molar-refractivity contribution in [2.75, 3.05) is 7.05 Å². The maximum Gasteiger partial charge on any atom is 0.331 e. The first-order valence-corrected chi connectivity index (χ1v) is 5.21. The molecule has 0 spiro atoms. The van der Waals surface area contributed by atoms with Crippen molar-refractivity contribution >= 4 is 23.9 Å². The van der Waals surface area contributed by atoms with Gasteiger partial charge in [0.25, 0.3) is 11.8 Å². The SMILES string of the molecule is CN1C(=O)NC(=O)/C(=C\c2c(F)cccc2F)C1=O. The molecule has 0 atom stereocenters. The molecule has 1 aromatic rings. The summed E-state index contributed by atoms with van der Waals surface area (Å²) in [6.45, 7) is 0. The summed E-state index contributed by atoms with van der Waals surface area (Å²) in [5.74, 6) is -3.73. The zero-order valence-corrected chi connectivity index (χ0v) is 9.74. The molecule has 0 saturated carbocycles. The molecule has 7 heteroatoms. The van der Waals surface area contributed by atoms with Gasteiger partial charge in [-0.05, 0) is 18.2 Å². The molecule has 0 unspecified atom stereocenters. The molecule has 1 aliphatic rings. The Hall–Kier alpha value is -2.57. The van der Waals surface area contributed by atoms with Gasteiger partial charge in [0.15, 0.2) is 0 Å². The van der Waals surface area contributed by atoms with Crippen LogP contribution in [0.2, 0.25) is 0 Å². The summed E-state index contributed by atoms with van der Waals surface area (Å²) < 4.78 is 26.9. The first-order valence-electron chi connectivity index (χ1n) is 5.21. The van der Waals surface area contributed by atoms with E-state index in [9.17, 15) is 23.2 Å². The number of rotatable bonds is 1. The molecule has 0 radical (unpaired) electrons. The number of barbiturate groups is 1. The van der Waals surface area contributed by atoms with Crippen molar-refractivity contribution in [3.05, 3.63) is 41.0 Å². The van der Waals surface area contributed by atoms with Crippen molar-refractivity contribution in [3.8, 4) is 0 Å². The molecule has 1 aromatic carbocycles. The second-order valence-electron chi connectivity index (χ2n) is 3.82. The van der Waals surface area contributed by atoms with Crippen molar-refractivity contribution in [2.45, 2.75) is 0 Å². The third-order valence-corrected chi connectivity index (χ3v) is 2.59. The maximum atomic E-state index is 13.4. The predicted octanol–water partition coefficient (Wildman–Crippen LogP) is 1.06. The molecule has 0 aliphatic carbocycles. The van der Waals surface area contributed by atoms with Crippen molar-refractivity contribution in [3.63, 3.8) is 0 Å². The highest BCUT2D eigenvalue weighted by Gasteiger charge is 2.33. The quantitative estimate of drug-likeness (QED) is 0.610. The van der Waals surface area contributed by atoms with Gasteiger partial charge in [0.05, 0.1) is 0 Å². The van der Waals surface area contributed by atoms with Gasteiger partial charge in [-0.15, -0.1) is 0 Å². The van der Waals surface area contributed by atoms with Crippen LogP contribution in [0.3, 0.4) is 0 Å². The van der Waals surface area contributed by atoms with E-state index in [2.05, 4.69) is 0 Å². The minimum atomic E-state index is -0.990. The lowest BCUT2D eigenvalue weighted by Crippen LogP contribution is -2.52. The average Bonchev–Trinajstić information content (AvgIpc) is 2.35. The monoisotopic (exact) mass is 266 g/mol. The number of likely N-dealkylation sites (N-methyl/N-ethyl adjacent to an activating group) is 1. The second-order valence-corrected chi connectivity index (χ2v) is 3.82. The summed E-state index contributed by atoms with van der Waals surface area (Å²) in [6.07, 6.45) is 0.783. The summed E-state index contributed by atoms with van der Waals surface area (Å²) in [4.78, 5) is 35.0. The molecule has 1 saturated heterocycles. The standard InChI is InChI=1S/C12H8F2N2O3/c1-16-11(18)7(10(17)15-12(16)19)5-6-8(13)3-2-4-9(6)14/h2-5H,1H3,(H,15,17,19)/b7-5+. The topological polar surface area (TPSA) is 66.5 Å². The van der Waals surface area contributed by atoms with E-state index in [1.54, 1.807) is 0 Å². The van der Waals surface area contributed by atoms with Crippen molar-refractivity contribution in [1.82, 2.24) is 10.2 Å². The third-order valence-electron chi connectivity index (χ3n) is 2.59. The van der Waals surface area contributed by atoms with E-state index in [1.807, 2.05) is 5.32 Å². The number of carbonyl (C=O) groups excluding carboxylic acids is 3. The van der Waals surface area contributed by atoms with Gasteiger partial charge in [-0.2, -0.15) is 0 Å². The molecule has 1 N–H and O–H groups in total. The Kier molecular flexibility index (Phi) is 3.12. The van der Waals surface area contributed by atoms with Gasteiger partial charge in [-0.3, -0.25) is 19.8 Å². The Morgan fingerprint density at radius 1 is 1.16 bits per heavy atom. The first kappa shape index (κ1) is 12.9. The molecule has 1 heterocycles. The molecule has 2 rings (SSSR count). The van der Waals surface area contributed by atoms with Crippen LogP contribution in [0.5, 0.6) is 0 Å². The Bertz CT molecular complexity index is 605. The van der Waals surface area contributed by atoms with Crippen LogP contribution in [0.4, 0.5) is 13.6 Å². The minimum Gasteiger partial charge on any atom is -0.273 e. The number of urea groups is 1. The summed E-state index contributed by atoms with van der Waals surface area (Å²) in [6, 6.07) is 2.26. The fraction of sp³-hybridized carbons (Fsp3) is 0.0833. The number of carbonyl (C=O) groups is 3. The smallest absolute Gasteiger partial charge is 0.273 e. The zero-order valence-electron chi connectivity index (χ0n) is 9.74. The zero-order chi connectivity index (χ0) is 14.2. The number of benzene rings is 1. The van der Waals surface area contributed by atoms with Crippen molar-refractivity contribution in [2.24, 2.45) is 0 Å². The van der Waals surface area contributed by atoms with Crippen LogP contribution in [0.25, 0.3) is 6.08 Å². The van der Waals surface area contributed by atoms with E-state index >= 15 is 0 Å². The normalized spacial score (nSPS) is 17.9. The fourth-order valence-corrected chi connectivity index (χ4v) is 1.54. The second kappa shape index (κ2) is 4.60. The molecule has 4 amide bonds. The lowest BCUT2D eigenvalue weighted by atomic mass is 10.1. The number of hydrogen-bond donors (Lipinski definition) is 1. The van der Waals surface area contributed by atoms with Gasteiger partial charge in [-0.1, -0.05) is 6.07 Å². The van der Waals surface area contributed by atoms with Gasteiger partial charge < -0.3 is 0 Å². The fourth-order valence-electron chi connectivity index (χ4n) is 1.54. The average molecular weight is 266 g/mol. The molecular formula is C12H8F2N2O3. The van der Waals surface area contributed by atoms with Crippen LogP contribution >= 0.6 is 0 Å². The van der Waals surface area contributed by atoms with Gasteiger partial charge >= 0.3 is 6.03 Å². The summed E-state index contributed by atoms with van der Waals surface area (Å²) >= 11 is 0. The number of hydrogen-bond acceptors (Lipinski definition) is 3. The third kappa shape index (κ3) is 2.22. The van der Waals surface area contributed by atoms with E-state index in [4.69, 9.17) is 0 Å². The lowest BCUT2D eigenvalue weighted by molar-refractivity contribution is -0.129. The van der Waals surface area contributed by atoms with E-state index in [-0.39, 0.29) is 0 Å². The van der Waals surface area contributed by atoms with Crippen LogP contribution in [0.15, 0.2) is 23.8 Å². The lowest BCUT2D eigenvalue weighted by Gasteiger charge is -2.22. The summed E-state index contributed by atoms with van der Waals surface area (Å²) in [5, 5.41) is 1.88. The molecule has 98 valence electrons. The number of nitrogens with one attached hydrogen (secondary N) is 1. The summed E-state index contributed by atoms with van der Waals surface area (Å²) in [5.41, 5.74) is -1.02. The van der Waals surface area contributed by atoms with Crippen LogP contribution < -0.4 is 5.32 Å². The van der Waals surface area contributed by atoms with E-state index in [0.717, 1.165) is 31.3 Å². The van der Waals surface area contributed by atoms with E-state index in [0.29, 0.717) is 4.90 Å². The van der Waals surface area contributed by atoms with Gasteiger partial charge in [0, 0.05) is 12.6 Å². The first-order chi connectivity index (χ1) is 8.91. The van der Waals surface area contributed by atoms with Crippen molar-refractivity contribution in [1.29, 1.82) is 0 Å². The van der Waals surface area contributed by atoms with Crippen LogP contribution in [-0.2, 0) is 9.59 Å². The van der Waals surface area contributed by atoms with Crippen molar-refractivity contribution < 1.29 is 23.2 Å². The van der Waals surface area contributed by atoms with Crippen LogP contribution in [0.1, 0.15) is 5.56 Å². The summed E-state index contributed by atoms with van der Waals surface area (Å²) in [7, 11) is 1.15. The molecular weight excluding hydrogens is 258 g/mol. The molecule has 0 bridgehead atoms. The van der Waals surface area contributed by atoms with E-state index < -0.39 is 40.6 Å². The van der Waals surface area contributed by atoms with Crippen LogP contribution in [-0.4, -0.2) is 29.8 Å². The Labute approximate surface area is 106 Å². The Balaban J connectivity index is 2.51. The number of nitrogens with zero attached hydrogens (tertiary/aromatic N) is 1. The van der Waals surface area contributed by atoms with Gasteiger partial charge in [-0.25, -0.2) is 13.6 Å². The highest BCUT2D eigenvalue weighted by atomic mass is 19.1. The highest BCUT2D eigenvalue weighted by Crippen LogP contribution is 2.18. The maximum absolute atomic E-state index is 13.4. The minimum absolute atomic E-state index is 0.508. The predicted molar refractivity (Wildman–Crippen MR) is 60.6 cm³/mol. The number of halogens is 2. The van der Waals surface area contributed by atoms with E-state index in [1.165, 1.54) is 0 Å². The van der Waals surface area contributed by atoms with Gasteiger partial charge in [0.2, 0.25) is 0 Å². The molecule has 1 fully saturated rings. The largest absolute Gasteiger partial charge is 0.331 e. The van der Waals surface area contributed by atoms with Gasteiger partial charge in [0.1, 0.15) is 17.2 Å². The molecule has 1 aliphatic heterocycles. The number of imide groups is 2. The molecule has 5 nitrogen and oxygen atoms in total. The molecule has 19 heavy (non-hydrogen) atoms. The molecule has 0 aromatic heterocycles.